The molecule has 0 unspecified atom stereocenters. The number of amides is 1. The van der Waals surface area contributed by atoms with Gasteiger partial charge in [-0.05, 0) is 68.3 Å². The topological polar surface area (TPSA) is 88.2 Å². The van der Waals surface area contributed by atoms with Crippen LogP contribution in [0.5, 0.6) is 0 Å². The van der Waals surface area contributed by atoms with Crippen molar-refractivity contribution in [2.75, 3.05) is 12.4 Å². The van der Waals surface area contributed by atoms with Crippen molar-refractivity contribution in [1.82, 2.24) is 9.71 Å². The third-order valence-corrected chi connectivity index (χ3v) is 7.00. The quantitative estimate of drug-likeness (QED) is 0.681. The van der Waals surface area contributed by atoms with Gasteiger partial charge in [-0.25, -0.2) is 18.1 Å². The molecule has 27 heavy (non-hydrogen) atoms. The van der Waals surface area contributed by atoms with Crippen LogP contribution in [0, 0.1) is 13.8 Å². The summed E-state index contributed by atoms with van der Waals surface area (Å²) < 4.78 is 27.8. The van der Waals surface area contributed by atoms with E-state index in [-0.39, 0.29) is 16.4 Å². The van der Waals surface area contributed by atoms with E-state index in [0.29, 0.717) is 10.7 Å². The molecule has 3 rings (SSSR count). The summed E-state index contributed by atoms with van der Waals surface area (Å²) in [5, 5.41) is 3.27. The SMILES string of the molecule is CCc1ccc2nc(NC(=O)c3cc(C)c(C)c(S(=O)(=O)NC)c3)sc2c1. The lowest BCUT2D eigenvalue weighted by Crippen LogP contribution is -2.21. The van der Waals surface area contributed by atoms with Gasteiger partial charge in [0.25, 0.3) is 5.91 Å². The third kappa shape index (κ3) is 3.87. The summed E-state index contributed by atoms with van der Waals surface area (Å²) in [4.78, 5) is 17.2. The molecule has 0 atom stereocenters. The first kappa shape index (κ1) is 19.5. The summed E-state index contributed by atoms with van der Waals surface area (Å²) in [7, 11) is -2.30. The van der Waals surface area contributed by atoms with Gasteiger partial charge in [-0.3, -0.25) is 10.1 Å². The fourth-order valence-electron chi connectivity index (χ4n) is 2.76. The summed E-state index contributed by atoms with van der Waals surface area (Å²) >= 11 is 1.40. The van der Waals surface area contributed by atoms with Crippen molar-refractivity contribution >= 4 is 42.6 Å². The van der Waals surface area contributed by atoms with Crippen LogP contribution in [-0.2, 0) is 16.4 Å². The first-order valence-electron chi connectivity index (χ1n) is 8.50. The third-order valence-electron chi connectivity index (χ3n) is 4.52. The number of nitrogens with zero attached hydrogens (tertiary/aromatic N) is 1. The zero-order valence-corrected chi connectivity index (χ0v) is 17.2. The Morgan fingerprint density at radius 3 is 2.59 bits per heavy atom. The Labute approximate surface area is 162 Å². The number of sulfonamides is 1. The van der Waals surface area contributed by atoms with E-state index >= 15 is 0 Å². The predicted octanol–water partition coefficient (Wildman–Crippen LogP) is 3.64. The van der Waals surface area contributed by atoms with Crippen LogP contribution in [-0.4, -0.2) is 26.4 Å². The lowest BCUT2D eigenvalue weighted by molar-refractivity contribution is 0.102. The minimum atomic E-state index is -3.65. The van der Waals surface area contributed by atoms with Crippen molar-refractivity contribution in [2.24, 2.45) is 0 Å². The average Bonchev–Trinajstić information content (AvgIpc) is 3.04. The molecular weight excluding hydrogens is 382 g/mol. The van der Waals surface area contributed by atoms with Gasteiger partial charge in [0.2, 0.25) is 10.0 Å². The number of hydrogen-bond donors (Lipinski definition) is 2. The molecule has 1 aromatic heterocycles. The fraction of sp³-hybridized carbons (Fsp3) is 0.263. The maximum atomic E-state index is 12.7. The molecule has 8 heteroatoms. The number of carbonyl (C=O) groups is 1. The Kier molecular flexibility index (Phi) is 5.32. The molecule has 2 aromatic carbocycles. The molecule has 0 bridgehead atoms. The van der Waals surface area contributed by atoms with Crippen molar-refractivity contribution in [3.63, 3.8) is 0 Å². The molecule has 1 heterocycles. The smallest absolute Gasteiger partial charge is 0.257 e. The molecule has 1 amide bonds. The van der Waals surface area contributed by atoms with Crippen LogP contribution >= 0.6 is 11.3 Å². The maximum absolute atomic E-state index is 12.7. The highest BCUT2D eigenvalue weighted by molar-refractivity contribution is 7.89. The summed E-state index contributed by atoms with van der Waals surface area (Å²) in [6.07, 6.45) is 0.931. The minimum absolute atomic E-state index is 0.104. The van der Waals surface area contributed by atoms with Crippen LogP contribution in [0.25, 0.3) is 10.2 Å². The highest BCUT2D eigenvalue weighted by Crippen LogP contribution is 2.28. The van der Waals surface area contributed by atoms with Crippen molar-refractivity contribution in [1.29, 1.82) is 0 Å². The predicted molar refractivity (Wildman–Crippen MR) is 109 cm³/mol. The van der Waals surface area contributed by atoms with Crippen LogP contribution in [0.1, 0.15) is 34.0 Å². The number of thiazole rings is 1. The van der Waals surface area contributed by atoms with Crippen LogP contribution in [0.4, 0.5) is 5.13 Å². The number of rotatable bonds is 5. The normalized spacial score (nSPS) is 11.7. The monoisotopic (exact) mass is 403 g/mol. The first-order chi connectivity index (χ1) is 12.7. The molecule has 0 spiro atoms. The second-order valence-electron chi connectivity index (χ2n) is 6.25. The van der Waals surface area contributed by atoms with Crippen molar-refractivity contribution in [3.8, 4) is 0 Å². The number of anilines is 1. The van der Waals surface area contributed by atoms with Gasteiger partial charge >= 0.3 is 0 Å². The number of fused-ring (bicyclic) bond motifs is 1. The molecule has 0 fully saturated rings. The number of aromatic nitrogens is 1. The first-order valence-corrected chi connectivity index (χ1v) is 10.8. The van der Waals surface area contributed by atoms with E-state index in [4.69, 9.17) is 0 Å². The molecule has 0 aliphatic rings. The summed E-state index contributed by atoms with van der Waals surface area (Å²) in [6, 6.07) is 9.10. The van der Waals surface area contributed by atoms with Gasteiger partial charge in [0.05, 0.1) is 15.1 Å². The summed E-state index contributed by atoms with van der Waals surface area (Å²) in [5.41, 5.74) is 3.66. The average molecular weight is 404 g/mol. The maximum Gasteiger partial charge on any atom is 0.257 e. The molecule has 142 valence electrons. The van der Waals surface area contributed by atoms with E-state index in [9.17, 15) is 13.2 Å². The zero-order valence-electron chi connectivity index (χ0n) is 15.6. The second-order valence-corrected chi connectivity index (χ2v) is 9.14. The molecule has 0 saturated heterocycles. The Balaban J connectivity index is 1.94. The molecule has 3 aromatic rings. The minimum Gasteiger partial charge on any atom is -0.298 e. The van der Waals surface area contributed by atoms with Crippen molar-refractivity contribution in [2.45, 2.75) is 32.1 Å². The zero-order chi connectivity index (χ0) is 19.8. The summed E-state index contributed by atoms with van der Waals surface area (Å²) in [6.45, 7) is 5.59. The lowest BCUT2D eigenvalue weighted by atomic mass is 10.1. The van der Waals surface area contributed by atoms with E-state index in [1.54, 1.807) is 19.9 Å². The number of nitrogens with one attached hydrogen (secondary N) is 2. The summed E-state index contributed by atoms with van der Waals surface area (Å²) in [5.74, 6) is -0.388. The van der Waals surface area contributed by atoms with E-state index in [0.717, 1.165) is 22.2 Å². The number of carbonyl (C=O) groups excluding carboxylic acids is 1. The van der Waals surface area contributed by atoms with E-state index < -0.39 is 10.0 Å². The van der Waals surface area contributed by atoms with E-state index in [1.165, 1.54) is 30.0 Å². The largest absolute Gasteiger partial charge is 0.298 e. The highest BCUT2D eigenvalue weighted by Gasteiger charge is 2.20. The molecular formula is C19H21N3O3S2. The molecule has 0 saturated carbocycles. The van der Waals surface area contributed by atoms with E-state index in [1.807, 2.05) is 12.1 Å². The van der Waals surface area contributed by atoms with Crippen LogP contribution in [0.15, 0.2) is 35.2 Å². The van der Waals surface area contributed by atoms with Crippen molar-refractivity contribution < 1.29 is 13.2 Å². The Hall–Kier alpha value is -2.29. The molecule has 0 aliphatic heterocycles. The van der Waals surface area contributed by atoms with Gasteiger partial charge in [-0.15, -0.1) is 0 Å². The van der Waals surface area contributed by atoms with Crippen molar-refractivity contribution in [3.05, 3.63) is 52.6 Å². The Bertz CT molecular complexity index is 1130. The number of benzene rings is 2. The Morgan fingerprint density at radius 1 is 1.19 bits per heavy atom. The second kappa shape index (κ2) is 7.38. The number of hydrogen-bond acceptors (Lipinski definition) is 5. The van der Waals surface area contributed by atoms with Crippen LogP contribution in [0.2, 0.25) is 0 Å². The van der Waals surface area contributed by atoms with Gasteiger partial charge in [0.1, 0.15) is 0 Å². The van der Waals surface area contributed by atoms with Gasteiger partial charge in [-0.1, -0.05) is 24.3 Å². The van der Waals surface area contributed by atoms with E-state index in [2.05, 4.69) is 28.0 Å². The lowest BCUT2D eigenvalue weighted by Gasteiger charge is -2.12. The molecule has 6 nitrogen and oxygen atoms in total. The van der Waals surface area contributed by atoms with Crippen LogP contribution in [0.3, 0.4) is 0 Å². The number of aryl methyl sites for hydroxylation is 2. The van der Waals surface area contributed by atoms with Crippen LogP contribution < -0.4 is 10.0 Å². The van der Waals surface area contributed by atoms with Gasteiger partial charge < -0.3 is 0 Å². The molecule has 0 radical (unpaired) electrons. The highest BCUT2D eigenvalue weighted by atomic mass is 32.2. The van der Waals surface area contributed by atoms with Gasteiger partial charge in [0.15, 0.2) is 5.13 Å². The van der Waals surface area contributed by atoms with Gasteiger partial charge in [-0.2, -0.15) is 0 Å². The standard InChI is InChI=1S/C19H21N3O3S2/c1-5-13-6-7-15-16(9-13)26-19(21-15)22-18(23)14-8-11(2)12(3)17(10-14)27(24,25)20-4/h6-10,20H,5H2,1-4H3,(H,21,22,23). The molecule has 2 N–H and O–H groups in total. The van der Waals surface area contributed by atoms with Gasteiger partial charge in [0, 0.05) is 5.56 Å². The Morgan fingerprint density at radius 2 is 1.93 bits per heavy atom. The molecule has 0 aliphatic carbocycles. The fourth-order valence-corrected chi connectivity index (χ4v) is 4.75.